The zero-order valence-electron chi connectivity index (χ0n) is 12.6. The van der Waals surface area contributed by atoms with Crippen molar-refractivity contribution in [1.82, 2.24) is 0 Å². The molecule has 0 N–H and O–H groups in total. The van der Waals surface area contributed by atoms with Crippen molar-refractivity contribution in [3.63, 3.8) is 0 Å². The average molecular weight is 266 g/mol. The predicted octanol–water partition coefficient (Wildman–Crippen LogP) is 4.85. The fraction of sp³-hybridized carbons (Fsp3) is 0.882. The third kappa shape index (κ3) is 8.96. The van der Waals surface area contributed by atoms with Crippen LogP contribution in [0.1, 0.15) is 90.4 Å². The van der Waals surface area contributed by atoms with Crippen LogP contribution in [0.15, 0.2) is 0 Å². The number of carbonyl (C=O) groups excluding carboxylic acids is 2. The van der Waals surface area contributed by atoms with Gasteiger partial charge in [0, 0.05) is 25.7 Å². The highest BCUT2D eigenvalue weighted by atomic mass is 16.1. The fourth-order valence-electron chi connectivity index (χ4n) is 2.88. The maximum atomic E-state index is 11.8. The number of Topliss-reactive ketones (excluding diaryl/α,β-unsaturated/α-hetero) is 2. The molecule has 2 nitrogen and oxygen atoms in total. The lowest BCUT2D eigenvalue weighted by molar-refractivity contribution is -0.120. The summed E-state index contributed by atoms with van der Waals surface area (Å²) in [6, 6.07) is 0. The molecule has 19 heavy (non-hydrogen) atoms. The van der Waals surface area contributed by atoms with E-state index in [1.54, 1.807) is 0 Å². The molecule has 0 heterocycles. The van der Waals surface area contributed by atoms with Crippen LogP contribution in [-0.4, -0.2) is 11.6 Å². The van der Waals surface area contributed by atoms with Gasteiger partial charge in [-0.1, -0.05) is 45.4 Å². The Kier molecular flexibility index (Phi) is 8.77. The van der Waals surface area contributed by atoms with Gasteiger partial charge in [0.05, 0.1) is 0 Å². The first-order valence-corrected chi connectivity index (χ1v) is 8.22. The molecule has 0 radical (unpaired) electrons. The molecule has 1 aliphatic carbocycles. The van der Waals surface area contributed by atoms with Gasteiger partial charge in [-0.25, -0.2) is 0 Å². The first-order valence-electron chi connectivity index (χ1n) is 8.22. The number of hydrogen-bond donors (Lipinski definition) is 0. The molecule has 0 amide bonds. The van der Waals surface area contributed by atoms with E-state index in [-0.39, 0.29) is 0 Å². The molecule has 0 spiro atoms. The molecule has 1 saturated carbocycles. The summed E-state index contributed by atoms with van der Waals surface area (Å²) in [4.78, 5) is 23.4. The minimum atomic E-state index is 0.440. The van der Waals surface area contributed by atoms with Gasteiger partial charge in [-0.3, -0.25) is 9.59 Å². The van der Waals surface area contributed by atoms with Gasteiger partial charge in [0.2, 0.25) is 0 Å². The zero-order chi connectivity index (χ0) is 13.9. The molecule has 1 atom stereocenters. The van der Waals surface area contributed by atoms with Crippen LogP contribution in [0.3, 0.4) is 0 Å². The molecule has 0 saturated heterocycles. The Morgan fingerprint density at radius 1 is 0.684 bits per heavy atom. The molecular formula is C17H30O2. The summed E-state index contributed by atoms with van der Waals surface area (Å²) in [7, 11) is 0. The quantitative estimate of drug-likeness (QED) is 0.628. The lowest BCUT2D eigenvalue weighted by Gasteiger charge is -2.11. The van der Waals surface area contributed by atoms with Crippen LogP contribution in [-0.2, 0) is 9.59 Å². The molecular weight excluding hydrogens is 236 g/mol. The van der Waals surface area contributed by atoms with Gasteiger partial charge < -0.3 is 0 Å². The molecule has 2 heteroatoms. The molecule has 1 aliphatic rings. The van der Waals surface area contributed by atoms with Crippen LogP contribution in [0, 0.1) is 5.92 Å². The topological polar surface area (TPSA) is 34.1 Å². The lowest BCUT2D eigenvalue weighted by Crippen LogP contribution is -2.06. The van der Waals surface area contributed by atoms with E-state index in [1.807, 2.05) is 0 Å². The highest BCUT2D eigenvalue weighted by Crippen LogP contribution is 2.17. The first-order chi connectivity index (χ1) is 9.18. The van der Waals surface area contributed by atoms with Crippen LogP contribution in [0.2, 0.25) is 0 Å². The molecule has 0 aromatic heterocycles. The summed E-state index contributed by atoms with van der Waals surface area (Å²) >= 11 is 0. The van der Waals surface area contributed by atoms with Gasteiger partial charge in [-0.2, -0.15) is 0 Å². The van der Waals surface area contributed by atoms with Crippen molar-refractivity contribution in [2.45, 2.75) is 90.4 Å². The van der Waals surface area contributed by atoms with Gasteiger partial charge in [-0.05, 0) is 25.2 Å². The van der Waals surface area contributed by atoms with Crippen LogP contribution in [0.5, 0.6) is 0 Å². The van der Waals surface area contributed by atoms with Crippen molar-refractivity contribution in [3.8, 4) is 0 Å². The Hall–Kier alpha value is -0.660. The summed E-state index contributed by atoms with van der Waals surface area (Å²) < 4.78 is 0. The van der Waals surface area contributed by atoms with E-state index in [1.165, 1.54) is 25.7 Å². The number of ketones is 2. The Labute approximate surface area is 118 Å². The van der Waals surface area contributed by atoms with Gasteiger partial charge >= 0.3 is 0 Å². The average Bonchev–Trinajstić information content (AvgIpc) is 2.36. The molecule has 1 unspecified atom stereocenters. The summed E-state index contributed by atoms with van der Waals surface area (Å²) in [5.41, 5.74) is 0. The molecule has 0 aromatic carbocycles. The SMILES string of the molecule is CC1CCCCCCC(=O)CCCCCCC(=O)C1. The van der Waals surface area contributed by atoms with E-state index >= 15 is 0 Å². The third-order valence-corrected chi connectivity index (χ3v) is 4.14. The Bertz CT molecular complexity index is 270. The number of hydrogen-bond acceptors (Lipinski definition) is 2. The summed E-state index contributed by atoms with van der Waals surface area (Å²) in [6.07, 6.45) is 13.1. The van der Waals surface area contributed by atoms with Crippen molar-refractivity contribution in [2.75, 3.05) is 0 Å². The van der Waals surface area contributed by atoms with E-state index in [2.05, 4.69) is 6.92 Å². The van der Waals surface area contributed by atoms with Gasteiger partial charge in [0.15, 0.2) is 0 Å². The highest BCUT2D eigenvalue weighted by Gasteiger charge is 2.10. The second-order valence-corrected chi connectivity index (χ2v) is 6.25. The Balaban J connectivity index is 2.30. The predicted molar refractivity (Wildman–Crippen MR) is 79.2 cm³/mol. The monoisotopic (exact) mass is 266 g/mol. The zero-order valence-corrected chi connectivity index (χ0v) is 12.6. The van der Waals surface area contributed by atoms with Gasteiger partial charge in [0.25, 0.3) is 0 Å². The maximum absolute atomic E-state index is 11.8. The minimum Gasteiger partial charge on any atom is -0.300 e. The fourth-order valence-corrected chi connectivity index (χ4v) is 2.88. The van der Waals surface area contributed by atoms with E-state index < -0.39 is 0 Å². The van der Waals surface area contributed by atoms with Crippen LogP contribution in [0.25, 0.3) is 0 Å². The lowest BCUT2D eigenvalue weighted by atomic mass is 9.94. The van der Waals surface area contributed by atoms with Crippen molar-refractivity contribution < 1.29 is 9.59 Å². The molecule has 110 valence electrons. The van der Waals surface area contributed by atoms with Crippen molar-refractivity contribution in [2.24, 2.45) is 5.92 Å². The Morgan fingerprint density at radius 3 is 1.74 bits per heavy atom. The number of carbonyl (C=O) groups is 2. The number of rotatable bonds is 0. The molecule has 1 fully saturated rings. The van der Waals surface area contributed by atoms with E-state index in [0.717, 1.165) is 57.8 Å². The van der Waals surface area contributed by atoms with Gasteiger partial charge in [-0.15, -0.1) is 0 Å². The smallest absolute Gasteiger partial charge is 0.133 e. The summed E-state index contributed by atoms with van der Waals surface area (Å²) in [5, 5.41) is 0. The summed E-state index contributed by atoms with van der Waals surface area (Å²) in [6.45, 7) is 2.20. The van der Waals surface area contributed by atoms with Crippen LogP contribution >= 0.6 is 0 Å². The summed E-state index contributed by atoms with van der Waals surface area (Å²) in [5.74, 6) is 1.43. The second kappa shape index (κ2) is 10.2. The normalized spacial score (nSPS) is 26.3. The largest absolute Gasteiger partial charge is 0.300 e. The van der Waals surface area contributed by atoms with E-state index in [4.69, 9.17) is 0 Å². The standard InChI is InChI=1S/C17H30O2/c1-15-10-6-2-3-7-11-16(18)12-8-4-5-9-13-17(19)14-15/h15H,2-14H2,1H3. The van der Waals surface area contributed by atoms with E-state index in [9.17, 15) is 9.59 Å². The molecule has 1 rings (SSSR count). The molecule has 0 aliphatic heterocycles. The first kappa shape index (κ1) is 16.4. The Morgan fingerprint density at radius 2 is 1.16 bits per heavy atom. The third-order valence-electron chi connectivity index (χ3n) is 4.14. The van der Waals surface area contributed by atoms with Crippen molar-refractivity contribution in [1.29, 1.82) is 0 Å². The van der Waals surface area contributed by atoms with Crippen molar-refractivity contribution >= 4 is 11.6 Å². The highest BCUT2D eigenvalue weighted by molar-refractivity contribution is 5.78. The molecule has 0 bridgehead atoms. The van der Waals surface area contributed by atoms with Crippen LogP contribution in [0.4, 0.5) is 0 Å². The van der Waals surface area contributed by atoms with Crippen LogP contribution < -0.4 is 0 Å². The van der Waals surface area contributed by atoms with Crippen molar-refractivity contribution in [3.05, 3.63) is 0 Å². The molecule has 0 aromatic rings. The van der Waals surface area contributed by atoms with Gasteiger partial charge in [0.1, 0.15) is 11.6 Å². The van der Waals surface area contributed by atoms with E-state index in [0.29, 0.717) is 17.5 Å². The second-order valence-electron chi connectivity index (χ2n) is 6.25. The minimum absolute atomic E-state index is 0.440. The maximum Gasteiger partial charge on any atom is 0.133 e.